The van der Waals surface area contributed by atoms with E-state index in [0.29, 0.717) is 12.5 Å². The molecule has 1 saturated carbocycles. The third-order valence-electron chi connectivity index (χ3n) is 7.04. The van der Waals surface area contributed by atoms with E-state index in [9.17, 15) is 8.42 Å². The van der Waals surface area contributed by atoms with Gasteiger partial charge in [-0.05, 0) is 79.5 Å². The monoisotopic (exact) mass is 446 g/mol. The van der Waals surface area contributed by atoms with E-state index in [-0.39, 0.29) is 10.3 Å². The van der Waals surface area contributed by atoms with Gasteiger partial charge in [0, 0.05) is 23.5 Å². The first-order valence-electron chi connectivity index (χ1n) is 10.7. The van der Waals surface area contributed by atoms with Crippen molar-refractivity contribution in [2.24, 2.45) is 11.1 Å². The van der Waals surface area contributed by atoms with Gasteiger partial charge in [-0.25, -0.2) is 13.6 Å². The fraction of sp³-hybridized carbons (Fsp3) is 0.478. The van der Waals surface area contributed by atoms with Crippen molar-refractivity contribution in [1.29, 1.82) is 0 Å². The molecule has 2 aliphatic carbocycles. The smallest absolute Gasteiger partial charge is 0.238 e. The van der Waals surface area contributed by atoms with Gasteiger partial charge in [-0.1, -0.05) is 24.1 Å². The highest BCUT2D eigenvalue weighted by Gasteiger charge is 2.42. The molecule has 0 bridgehead atoms. The number of primary sulfonamides is 1. The van der Waals surface area contributed by atoms with Gasteiger partial charge in [0.05, 0.1) is 17.2 Å². The van der Waals surface area contributed by atoms with E-state index in [1.54, 1.807) is 18.2 Å². The molecular weight excluding hydrogens is 420 g/mol. The van der Waals surface area contributed by atoms with Gasteiger partial charge >= 0.3 is 0 Å². The van der Waals surface area contributed by atoms with E-state index in [4.69, 9.17) is 21.5 Å². The summed E-state index contributed by atoms with van der Waals surface area (Å²) >= 11 is 6.28. The highest BCUT2D eigenvalue weighted by Crippen LogP contribution is 2.45. The number of aryl methyl sites for hydroxylation is 1. The largest absolute Gasteiger partial charge is 0.490 e. The van der Waals surface area contributed by atoms with Gasteiger partial charge in [0.15, 0.2) is 0 Å². The summed E-state index contributed by atoms with van der Waals surface area (Å²) in [5.74, 6) is 1.37. The summed E-state index contributed by atoms with van der Waals surface area (Å²) in [7, 11) is -3.78. The molecule has 1 atom stereocenters. The Labute approximate surface area is 183 Å². The van der Waals surface area contributed by atoms with Gasteiger partial charge < -0.3 is 9.64 Å². The highest BCUT2D eigenvalue weighted by atomic mass is 35.5. The van der Waals surface area contributed by atoms with E-state index in [2.05, 4.69) is 17.0 Å². The molecule has 0 amide bonds. The van der Waals surface area contributed by atoms with Gasteiger partial charge in [-0.2, -0.15) is 0 Å². The standard InChI is InChI=1S/C23H27ClN2O3S/c24-18-6-8-20-17(11-18)5-2-10-23(20)14-26(13-16-3-1-4-16)21-12-19(30(25,27)28)7-9-22(21)29-15-23/h6-9,11-12,16H,1-5,10,13-15H2,(H2,25,27,28). The second-order valence-electron chi connectivity index (χ2n) is 9.08. The molecule has 1 fully saturated rings. The Morgan fingerprint density at radius 1 is 1.17 bits per heavy atom. The lowest BCUT2D eigenvalue weighted by atomic mass is 9.70. The molecule has 0 aromatic heterocycles. The molecule has 5 rings (SSSR count). The van der Waals surface area contributed by atoms with Crippen LogP contribution in [0.25, 0.3) is 0 Å². The number of hydrogen-bond donors (Lipinski definition) is 1. The summed E-state index contributed by atoms with van der Waals surface area (Å²) in [6, 6.07) is 11.2. The van der Waals surface area contributed by atoms with Crippen LogP contribution in [0, 0.1) is 5.92 Å². The molecule has 2 N–H and O–H groups in total. The second kappa shape index (κ2) is 7.43. The van der Waals surface area contributed by atoms with Gasteiger partial charge in [-0.3, -0.25) is 0 Å². The summed E-state index contributed by atoms with van der Waals surface area (Å²) in [6.45, 7) is 2.29. The average molecular weight is 447 g/mol. The molecular formula is C23H27ClN2O3S. The minimum atomic E-state index is -3.78. The van der Waals surface area contributed by atoms with Crippen LogP contribution in [0.4, 0.5) is 5.69 Å². The lowest BCUT2D eigenvalue weighted by molar-refractivity contribution is 0.204. The molecule has 0 radical (unpaired) electrons. The van der Waals surface area contributed by atoms with E-state index in [0.717, 1.165) is 48.8 Å². The summed E-state index contributed by atoms with van der Waals surface area (Å²) in [4.78, 5) is 2.49. The van der Waals surface area contributed by atoms with Crippen LogP contribution in [-0.2, 0) is 21.9 Å². The molecule has 1 aliphatic heterocycles. The molecule has 1 heterocycles. The van der Waals surface area contributed by atoms with Crippen molar-refractivity contribution in [2.45, 2.75) is 48.8 Å². The van der Waals surface area contributed by atoms with Crippen LogP contribution in [0.1, 0.15) is 43.2 Å². The Morgan fingerprint density at radius 3 is 2.73 bits per heavy atom. The zero-order valence-corrected chi connectivity index (χ0v) is 18.5. The molecule has 5 nitrogen and oxygen atoms in total. The first-order valence-corrected chi connectivity index (χ1v) is 12.6. The number of hydrogen-bond acceptors (Lipinski definition) is 4. The van der Waals surface area contributed by atoms with Crippen molar-refractivity contribution < 1.29 is 13.2 Å². The van der Waals surface area contributed by atoms with Crippen molar-refractivity contribution in [1.82, 2.24) is 0 Å². The second-order valence-corrected chi connectivity index (χ2v) is 11.1. The number of rotatable bonds is 3. The van der Waals surface area contributed by atoms with Crippen molar-refractivity contribution in [3.05, 3.63) is 52.5 Å². The number of halogens is 1. The summed E-state index contributed by atoms with van der Waals surface area (Å²) in [6.07, 6.45) is 6.88. The minimum absolute atomic E-state index is 0.134. The first-order chi connectivity index (χ1) is 14.3. The summed E-state index contributed by atoms with van der Waals surface area (Å²) < 4.78 is 30.3. The number of fused-ring (bicyclic) bond motifs is 3. The Hall–Kier alpha value is -1.76. The maximum atomic E-state index is 12.0. The van der Waals surface area contributed by atoms with Crippen LogP contribution in [-0.4, -0.2) is 28.1 Å². The van der Waals surface area contributed by atoms with E-state index in [1.165, 1.54) is 30.4 Å². The van der Waals surface area contributed by atoms with Crippen LogP contribution in [0.3, 0.4) is 0 Å². The molecule has 3 aliphatic rings. The van der Waals surface area contributed by atoms with Crippen molar-refractivity contribution >= 4 is 27.3 Å². The third-order valence-corrected chi connectivity index (χ3v) is 8.19. The van der Waals surface area contributed by atoms with E-state index < -0.39 is 10.0 Å². The predicted molar refractivity (Wildman–Crippen MR) is 119 cm³/mol. The lowest BCUT2D eigenvalue weighted by Gasteiger charge is -2.42. The molecule has 1 spiro atoms. The number of nitrogens with two attached hydrogens (primary N) is 1. The van der Waals surface area contributed by atoms with Crippen molar-refractivity contribution in [2.75, 3.05) is 24.6 Å². The zero-order valence-electron chi connectivity index (χ0n) is 16.9. The quantitative estimate of drug-likeness (QED) is 0.764. The number of nitrogens with zero attached hydrogens (tertiary/aromatic N) is 1. The number of anilines is 1. The van der Waals surface area contributed by atoms with E-state index >= 15 is 0 Å². The highest BCUT2D eigenvalue weighted by molar-refractivity contribution is 7.89. The lowest BCUT2D eigenvalue weighted by Crippen LogP contribution is -2.47. The Morgan fingerprint density at radius 2 is 2.00 bits per heavy atom. The number of ether oxygens (including phenoxy) is 1. The molecule has 160 valence electrons. The SMILES string of the molecule is NS(=O)(=O)c1ccc2c(c1)N(CC1CCC1)CC1(CCCc3cc(Cl)ccc31)CO2. The third kappa shape index (κ3) is 3.59. The van der Waals surface area contributed by atoms with Gasteiger partial charge in [0.1, 0.15) is 5.75 Å². The molecule has 0 saturated heterocycles. The van der Waals surface area contributed by atoms with E-state index in [1.807, 2.05) is 6.07 Å². The molecule has 7 heteroatoms. The number of benzene rings is 2. The molecule has 2 aromatic rings. The number of sulfonamides is 1. The van der Waals surface area contributed by atoms with Crippen LogP contribution < -0.4 is 14.8 Å². The van der Waals surface area contributed by atoms with Crippen molar-refractivity contribution in [3.8, 4) is 5.75 Å². The minimum Gasteiger partial charge on any atom is -0.490 e. The Kier molecular flexibility index (Phi) is 4.99. The van der Waals surface area contributed by atoms with Crippen LogP contribution in [0.2, 0.25) is 5.02 Å². The normalized spacial score (nSPS) is 23.9. The van der Waals surface area contributed by atoms with Gasteiger partial charge in [0.25, 0.3) is 0 Å². The Bertz CT molecular complexity index is 1080. The fourth-order valence-electron chi connectivity index (χ4n) is 5.26. The molecule has 30 heavy (non-hydrogen) atoms. The predicted octanol–water partition coefficient (Wildman–Crippen LogP) is 4.26. The van der Waals surface area contributed by atoms with Crippen LogP contribution in [0.15, 0.2) is 41.3 Å². The first kappa shape index (κ1) is 20.2. The van der Waals surface area contributed by atoms with Crippen LogP contribution >= 0.6 is 11.6 Å². The van der Waals surface area contributed by atoms with Crippen molar-refractivity contribution in [3.63, 3.8) is 0 Å². The topological polar surface area (TPSA) is 72.6 Å². The maximum absolute atomic E-state index is 12.0. The van der Waals surface area contributed by atoms with Gasteiger partial charge in [0.2, 0.25) is 10.0 Å². The summed E-state index contributed by atoms with van der Waals surface area (Å²) in [5.41, 5.74) is 3.32. The molecule has 2 aromatic carbocycles. The fourth-order valence-corrected chi connectivity index (χ4v) is 5.99. The van der Waals surface area contributed by atoms with Gasteiger partial charge in [-0.15, -0.1) is 0 Å². The zero-order chi connectivity index (χ0) is 20.9. The Balaban J connectivity index is 1.59. The summed E-state index contributed by atoms with van der Waals surface area (Å²) in [5, 5.41) is 6.20. The maximum Gasteiger partial charge on any atom is 0.238 e. The molecule has 1 unspecified atom stereocenters. The van der Waals surface area contributed by atoms with Crippen LogP contribution in [0.5, 0.6) is 5.75 Å². The average Bonchev–Trinajstić information content (AvgIpc) is 2.81.